The number of nitrogens with one attached hydrogen (secondary N) is 1. The Morgan fingerprint density at radius 1 is 0.893 bits per heavy atom. The maximum Gasteiger partial charge on any atom is 0.263 e. The zero-order valence-corrected chi connectivity index (χ0v) is 17.0. The predicted molar refractivity (Wildman–Crippen MR) is 113 cm³/mol. The minimum absolute atomic E-state index is 0.0410. The molecule has 2 aliphatic rings. The van der Waals surface area contributed by atoms with Crippen LogP contribution in [0.15, 0.2) is 47.8 Å². The second-order valence-electron chi connectivity index (χ2n) is 8.01. The van der Waals surface area contributed by atoms with Gasteiger partial charge in [0, 0.05) is 25.0 Å². The summed E-state index contributed by atoms with van der Waals surface area (Å²) in [6.45, 7) is 1.35. The molecule has 1 saturated carbocycles. The molecule has 2 amide bonds. The second-order valence-corrected chi connectivity index (χ2v) is 8.96. The first-order chi connectivity index (χ1) is 13.7. The molecular formula is C23H28N2O2S. The van der Waals surface area contributed by atoms with E-state index in [0.717, 1.165) is 43.4 Å². The average molecular weight is 397 g/mol. The average Bonchev–Trinajstić information content (AvgIpc) is 3.29. The maximum atomic E-state index is 12.7. The van der Waals surface area contributed by atoms with Crippen molar-refractivity contribution in [2.75, 3.05) is 13.1 Å². The van der Waals surface area contributed by atoms with Crippen molar-refractivity contribution < 1.29 is 9.59 Å². The number of thiophene rings is 1. The van der Waals surface area contributed by atoms with Gasteiger partial charge in [0.15, 0.2) is 0 Å². The van der Waals surface area contributed by atoms with Gasteiger partial charge in [-0.05, 0) is 61.5 Å². The minimum atomic E-state index is 0.0410. The van der Waals surface area contributed by atoms with E-state index in [9.17, 15) is 9.59 Å². The first-order valence-electron chi connectivity index (χ1n) is 10.4. The quantitative estimate of drug-likeness (QED) is 0.830. The fourth-order valence-corrected chi connectivity index (χ4v) is 5.21. The summed E-state index contributed by atoms with van der Waals surface area (Å²) in [6.07, 6.45) is 5.93. The molecule has 0 radical (unpaired) electrons. The highest BCUT2D eigenvalue weighted by Gasteiger charge is 2.30. The van der Waals surface area contributed by atoms with E-state index in [0.29, 0.717) is 25.0 Å². The van der Waals surface area contributed by atoms with E-state index in [4.69, 9.17) is 0 Å². The van der Waals surface area contributed by atoms with E-state index < -0.39 is 0 Å². The first kappa shape index (κ1) is 19.2. The third-order valence-corrected chi connectivity index (χ3v) is 7.09. The lowest BCUT2D eigenvalue weighted by Crippen LogP contribution is -2.46. The van der Waals surface area contributed by atoms with Gasteiger partial charge < -0.3 is 10.2 Å². The number of benzene rings is 1. The van der Waals surface area contributed by atoms with Crippen LogP contribution in [0.4, 0.5) is 0 Å². The molecule has 1 aliphatic carbocycles. The van der Waals surface area contributed by atoms with Crippen molar-refractivity contribution in [3.05, 3.63) is 58.3 Å². The van der Waals surface area contributed by atoms with Crippen LogP contribution in [-0.2, 0) is 4.79 Å². The number of piperidine rings is 1. The fraction of sp³-hybridized carbons (Fsp3) is 0.478. The van der Waals surface area contributed by atoms with E-state index in [1.807, 2.05) is 22.4 Å². The van der Waals surface area contributed by atoms with Gasteiger partial charge in [-0.1, -0.05) is 36.4 Å². The van der Waals surface area contributed by atoms with Crippen LogP contribution in [0.5, 0.6) is 0 Å². The van der Waals surface area contributed by atoms with Crippen molar-refractivity contribution >= 4 is 23.2 Å². The Kier molecular flexibility index (Phi) is 6.10. The summed E-state index contributed by atoms with van der Waals surface area (Å²) in [6, 6.07) is 14.8. The van der Waals surface area contributed by atoms with Gasteiger partial charge in [0.25, 0.3) is 5.91 Å². The third-order valence-electron chi connectivity index (χ3n) is 6.23. The number of carbonyl (C=O) groups is 2. The molecule has 28 heavy (non-hydrogen) atoms. The Hall–Kier alpha value is -2.14. The molecule has 0 spiro atoms. The molecule has 2 aromatic rings. The van der Waals surface area contributed by atoms with Gasteiger partial charge in [-0.2, -0.15) is 0 Å². The summed E-state index contributed by atoms with van der Waals surface area (Å²) >= 11 is 1.48. The molecular weight excluding hydrogens is 368 g/mol. The predicted octanol–water partition coefficient (Wildman–Crippen LogP) is 4.44. The summed E-state index contributed by atoms with van der Waals surface area (Å²) in [7, 11) is 0. The smallest absolute Gasteiger partial charge is 0.263 e. The van der Waals surface area contributed by atoms with Crippen molar-refractivity contribution in [1.82, 2.24) is 10.2 Å². The van der Waals surface area contributed by atoms with Gasteiger partial charge in [0.2, 0.25) is 5.91 Å². The molecule has 1 aromatic carbocycles. The standard InChI is InChI=1S/C23H28N2O2S/c26-22(19-12-14-25(15-13-19)23(27)21-7-4-16-28-21)24-20-10-8-18(9-11-20)17-5-2-1-3-6-17/h1-7,16,18-20H,8-15H2,(H,24,26). The summed E-state index contributed by atoms with van der Waals surface area (Å²) in [5.41, 5.74) is 1.43. The molecule has 0 bridgehead atoms. The van der Waals surface area contributed by atoms with E-state index >= 15 is 0 Å². The number of hydrogen-bond acceptors (Lipinski definition) is 3. The Bertz CT molecular complexity index is 774. The summed E-state index contributed by atoms with van der Waals surface area (Å²) < 4.78 is 0. The summed E-state index contributed by atoms with van der Waals surface area (Å²) in [5, 5.41) is 5.22. The zero-order chi connectivity index (χ0) is 19.3. The lowest BCUT2D eigenvalue weighted by atomic mass is 9.81. The van der Waals surface area contributed by atoms with Gasteiger partial charge in [-0.15, -0.1) is 11.3 Å². The molecule has 0 unspecified atom stereocenters. The third kappa shape index (κ3) is 4.46. The highest BCUT2D eigenvalue weighted by atomic mass is 32.1. The normalized spacial score (nSPS) is 23.4. The lowest BCUT2D eigenvalue weighted by molar-refractivity contribution is -0.127. The van der Waals surface area contributed by atoms with Crippen LogP contribution in [0.2, 0.25) is 0 Å². The van der Waals surface area contributed by atoms with Crippen LogP contribution in [-0.4, -0.2) is 35.8 Å². The SMILES string of the molecule is O=C(NC1CCC(c2ccccc2)CC1)C1CCN(C(=O)c2cccs2)CC1. The monoisotopic (exact) mass is 396 g/mol. The number of hydrogen-bond donors (Lipinski definition) is 1. The molecule has 4 rings (SSSR count). The molecule has 2 fully saturated rings. The first-order valence-corrected chi connectivity index (χ1v) is 11.3. The van der Waals surface area contributed by atoms with Crippen LogP contribution in [0.3, 0.4) is 0 Å². The van der Waals surface area contributed by atoms with Gasteiger partial charge in [0.1, 0.15) is 0 Å². The molecule has 1 aromatic heterocycles. The number of rotatable bonds is 4. The van der Waals surface area contributed by atoms with Crippen molar-refractivity contribution in [3.63, 3.8) is 0 Å². The Morgan fingerprint density at radius 3 is 2.25 bits per heavy atom. The van der Waals surface area contributed by atoms with Gasteiger partial charge in [0.05, 0.1) is 4.88 Å². The molecule has 1 N–H and O–H groups in total. The second kappa shape index (κ2) is 8.91. The zero-order valence-electron chi connectivity index (χ0n) is 16.2. The topological polar surface area (TPSA) is 49.4 Å². The Morgan fingerprint density at radius 2 is 1.61 bits per heavy atom. The van der Waals surface area contributed by atoms with Gasteiger partial charge in [-0.3, -0.25) is 9.59 Å². The lowest BCUT2D eigenvalue weighted by Gasteiger charge is -2.33. The molecule has 1 saturated heterocycles. The van der Waals surface area contributed by atoms with Crippen LogP contribution in [0, 0.1) is 5.92 Å². The van der Waals surface area contributed by atoms with E-state index in [1.165, 1.54) is 16.9 Å². The van der Waals surface area contributed by atoms with Crippen molar-refractivity contribution in [2.45, 2.75) is 50.5 Å². The van der Waals surface area contributed by atoms with Crippen molar-refractivity contribution in [2.24, 2.45) is 5.92 Å². The molecule has 4 nitrogen and oxygen atoms in total. The molecule has 148 valence electrons. The Labute approximate surface area is 170 Å². The molecule has 0 atom stereocenters. The van der Waals surface area contributed by atoms with E-state index in [2.05, 4.69) is 35.6 Å². The van der Waals surface area contributed by atoms with Crippen LogP contribution in [0.25, 0.3) is 0 Å². The van der Waals surface area contributed by atoms with Crippen molar-refractivity contribution in [1.29, 1.82) is 0 Å². The van der Waals surface area contributed by atoms with Crippen LogP contribution >= 0.6 is 11.3 Å². The number of likely N-dealkylation sites (tertiary alicyclic amines) is 1. The minimum Gasteiger partial charge on any atom is -0.353 e. The number of nitrogens with zero attached hydrogens (tertiary/aromatic N) is 1. The molecule has 2 heterocycles. The fourth-order valence-electron chi connectivity index (χ4n) is 4.52. The van der Waals surface area contributed by atoms with Crippen LogP contribution in [0.1, 0.15) is 59.7 Å². The van der Waals surface area contributed by atoms with Gasteiger partial charge >= 0.3 is 0 Å². The maximum absolute atomic E-state index is 12.7. The highest BCUT2D eigenvalue weighted by molar-refractivity contribution is 7.12. The van der Waals surface area contributed by atoms with E-state index in [-0.39, 0.29) is 17.7 Å². The number of amides is 2. The Balaban J connectivity index is 1.22. The summed E-state index contributed by atoms with van der Waals surface area (Å²) in [4.78, 5) is 27.8. The molecule has 1 aliphatic heterocycles. The highest BCUT2D eigenvalue weighted by Crippen LogP contribution is 2.33. The van der Waals surface area contributed by atoms with E-state index in [1.54, 1.807) is 0 Å². The summed E-state index contributed by atoms with van der Waals surface area (Å²) in [5.74, 6) is 0.958. The number of carbonyl (C=O) groups excluding carboxylic acids is 2. The van der Waals surface area contributed by atoms with Crippen molar-refractivity contribution in [3.8, 4) is 0 Å². The van der Waals surface area contributed by atoms with Crippen LogP contribution < -0.4 is 5.32 Å². The van der Waals surface area contributed by atoms with Gasteiger partial charge in [-0.25, -0.2) is 0 Å². The molecule has 5 heteroatoms. The largest absolute Gasteiger partial charge is 0.353 e.